The second-order valence-corrected chi connectivity index (χ2v) is 3.78. The molecule has 0 radical (unpaired) electrons. The number of methoxy groups -OCH3 is 1. The molecular formula is C11H14N2O3. The Kier molecular flexibility index (Phi) is 3.05. The molecule has 0 bridgehead atoms. The number of aromatic nitrogens is 1. The minimum atomic E-state index is -0.996. The average Bonchev–Trinajstić information content (AvgIpc) is 2.77. The SMILES string of the molecule is COC1CCN(c2cccc(C(=O)O)n2)C1. The minimum Gasteiger partial charge on any atom is -0.477 e. The molecule has 5 nitrogen and oxygen atoms in total. The van der Waals surface area contributed by atoms with Crippen molar-refractivity contribution in [2.24, 2.45) is 0 Å². The van der Waals surface area contributed by atoms with E-state index in [9.17, 15) is 4.79 Å². The van der Waals surface area contributed by atoms with Gasteiger partial charge in [-0.25, -0.2) is 9.78 Å². The summed E-state index contributed by atoms with van der Waals surface area (Å²) in [6.07, 6.45) is 1.17. The molecule has 1 unspecified atom stereocenters. The predicted molar refractivity (Wildman–Crippen MR) is 58.8 cm³/mol. The van der Waals surface area contributed by atoms with Crippen LogP contribution in [-0.4, -0.2) is 42.4 Å². The van der Waals surface area contributed by atoms with Crippen molar-refractivity contribution in [3.05, 3.63) is 23.9 Å². The molecule has 1 fully saturated rings. The number of rotatable bonds is 3. The zero-order valence-corrected chi connectivity index (χ0v) is 9.09. The van der Waals surface area contributed by atoms with E-state index in [2.05, 4.69) is 4.98 Å². The Morgan fingerprint density at radius 2 is 2.44 bits per heavy atom. The molecule has 2 rings (SSSR count). The fraction of sp³-hybridized carbons (Fsp3) is 0.455. The van der Waals surface area contributed by atoms with Gasteiger partial charge in [-0.3, -0.25) is 0 Å². The summed E-state index contributed by atoms with van der Waals surface area (Å²) >= 11 is 0. The average molecular weight is 222 g/mol. The molecule has 1 aliphatic rings. The highest BCUT2D eigenvalue weighted by molar-refractivity contribution is 5.85. The number of anilines is 1. The molecule has 86 valence electrons. The highest BCUT2D eigenvalue weighted by Gasteiger charge is 2.23. The van der Waals surface area contributed by atoms with Crippen LogP contribution < -0.4 is 4.90 Å². The first-order valence-electron chi connectivity index (χ1n) is 5.19. The lowest BCUT2D eigenvalue weighted by Crippen LogP contribution is -2.23. The van der Waals surface area contributed by atoms with Crippen LogP contribution in [0.5, 0.6) is 0 Å². The van der Waals surface area contributed by atoms with Crippen molar-refractivity contribution in [3.8, 4) is 0 Å². The van der Waals surface area contributed by atoms with E-state index >= 15 is 0 Å². The van der Waals surface area contributed by atoms with Gasteiger partial charge in [0.15, 0.2) is 5.69 Å². The number of ether oxygens (including phenoxy) is 1. The first kappa shape index (κ1) is 10.9. The summed E-state index contributed by atoms with van der Waals surface area (Å²) in [6, 6.07) is 5.03. The van der Waals surface area contributed by atoms with Gasteiger partial charge in [0.05, 0.1) is 6.10 Å². The molecule has 1 N–H and O–H groups in total. The molecule has 1 aromatic rings. The molecule has 0 amide bonds. The maximum Gasteiger partial charge on any atom is 0.354 e. The topological polar surface area (TPSA) is 62.7 Å². The summed E-state index contributed by atoms with van der Waals surface area (Å²) in [4.78, 5) is 16.9. The Hall–Kier alpha value is -1.62. The standard InChI is InChI=1S/C11H14N2O3/c1-16-8-5-6-13(7-8)10-4-2-3-9(12-10)11(14)15/h2-4,8H,5-7H2,1H3,(H,14,15). The summed E-state index contributed by atoms with van der Waals surface area (Å²) in [7, 11) is 1.69. The van der Waals surface area contributed by atoms with Crippen molar-refractivity contribution in [1.29, 1.82) is 0 Å². The zero-order chi connectivity index (χ0) is 11.5. The molecule has 1 aliphatic heterocycles. The van der Waals surface area contributed by atoms with Crippen molar-refractivity contribution in [2.75, 3.05) is 25.1 Å². The highest BCUT2D eigenvalue weighted by Crippen LogP contribution is 2.19. The number of carboxylic acids is 1. The van der Waals surface area contributed by atoms with Crippen LogP contribution in [0.1, 0.15) is 16.9 Å². The Labute approximate surface area is 93.7 Å². The maximum atomic E-state index is 10.8. The maximum absolute atomic E-state index is 10.8. The normalized spacial score (nSPS) is 20.1. The third-order valence-electron chi connectivity index (χ3n) is 2.76. The first-order valence-corrected chi connectivity index (χ1v) is 5.19. The minimum absolute atomic E-state index is 0.0818. The molecule has 1 aromatic heterocycles. The molecule has 1 atom stereocenters. The smallest absolute Gasteiger partial charge is 0.354 e. The number of pyridine rings is 1. The quantitative estimate of drug-likeness (QED) is 0.826. The van der Waals surface area contributed by atoms with E-state index in [1.165, 1.54) is 6.07 Å². The van der Waals surface area contributed by atoms with Crippen LogP contribution >= 0.6 is 0 Å². The Morgan fingerprint density at radius 3 is 3.06 bits per heavy atom. The van der Waals surface area contributed by atoms with Gasteiger partial charge < -0.3 is 14.7 Å². The van der Waals surface area contributed by atoms with Gasteiger partial charge in [-0.2, -0.15) is 0 Å². The Morgan fingerprint density at radius 1 is 1.62 bits per heavy atom. The fourth-order valence-corrected chi connectivity index (χ4v) is 1.85. The number of nitrogens with zero attached hydrogens (tertiary/aromatic N) is 2. The number of carbonyl (C=O) groups is 1. The molecule has 2 heterocycles. The van der Waals surface area contributed by atoms with Crippen molar-refractivity contribution in [2.45, 2.75) is 12.5 Å². The van der Waals surface area contributed by atoms with Crippen LogP contribution in [0, 0.1) is 0 Å². The van der Waals surface area contributed by atoms with Crippen LogP contribution in [0.15, 0.2) is 18.2 Å². The molecule has 5 heteroatoms. The Balaban J connectivity index is 2.15. The van der Waals surface area contributed by atoms with Crippen molar-refractivity contribution >= 4 is 11.8 Å². The van der Waals surface area contributed by atoms with E-state index in [1.807, 2.05) is 11.0 Å². The first-order chi connectivity index (χ1) is 7.70. The van der Waals surface area contributed by atoms with Crippen LogP contribution in [0.25, 0.3) is 0 Å². The van der Waals surface area contributed by atoms with Gasteiger partial charge in [-0.05, 0) is 18.6 Å². The molecular weight excluding hydrogens is 208 g/mol. The summed E-state index contributed by atoms with van der Waals surface area (Å²) < 4.78 is 5.25. The molecule has 0 aliphatic carbocycles. The van der Waals surface area contributed by atoms with Gasteiger partial charge >= 0.3 is 5.97 Å². The van der Waals surface area contributed by atoms with Crippen molar-refractivity contribution < 1.29 is 14.6 Å². The summed E-state index contributed by atoms with van der Waals surface area (Å²) in [5.74, 6) is -0.288. The van der Waals surface area contributed by atoms with E-state index in [0.717, 1.165) is 19.5 Å². The third-order valence-corrected chi connectivity index (χ3v) is 2.76. The van der Waals surface area contributed by atoms with E-state index in [1.54, 1.807) is 13.2 Å². The van der Waals surface area contributed by atoms with Crippen LogP contribution in [0.2, 0.25) is 0 Å². The van der Waals surface area contributed by atoms with Crippen LogP contribution in [-0.2, 0) is 4.74 Å². The van der Waals surface area contributed by atoms with Gasteiger partial charge in [-0.15, -0.1) is 0 Å². The lowest BCUT2D eigenvalue weighted by molar-refractivity contribution is 0.0690. The van der Waals surface area contributed by atoms with Gasteiger partial charge in [-0.1, -0.05) is 6.07 Å². The predicted octanol–water partition coefficient (Wildman–Crippen LogP) is 1.00. The van der Waals surface area contributed by atoms with E-state index < -0.39 is 5.97 Å². The largest absolute Gasteiger partial charge is 0.477 e. The van der Waals surface area contributed by atoms with Gasteiger partial charge in [0.1, 0.15) is 5.82 Å². The Bertz CT molecular complexity index is 395. The zero-order valence-electron chi connectivity index (χ0n) is 9.09. The van der Waals surface area contributed by atoms with E-state index in [4.69, 9.17) is 9.84 Å². The second kappa shape index (κ2) is 4.49. The summed E-state index contributed by atoms with van der Waals surface area (Å²) in [5, 5.41) is 8.84. The van der Waals surface area contributed by atoms with Crippen LogP contribution in [0.3, 0.4) is 0 Å². The molecule has 0 spiro atoms. The number of hydrogen-bond donors (Lipinski definition) is 1. The lowest BCUT2D eigenvalue weighted by atomic mass is 10.3. The second-order valence-electron chi connectivity index (χ2n) is 3.78. The summed E-state index contributed by atoms with van der Waals surface area (Å²) in [5.41, 5.74) is 0.0818. The number of hydrogen-bond acceptors (Lipinski definition) is 4. The highest BCUT2D eigenvalue weighted by atomic mass is 16.5. The van der Waals surface area contributed by atoms with Crippen LogP contribution in [0.4, 0.5) is 5.82 Å². The number of aromatic carboxylic acids is 1. The molecule has 0 saturated carbocycles. The molecule has 16 heavy (non-hydrogen) atoms. The monoisotopic (exact) mass is 222 g/mol. The molecule has 0 aromatic carbocycles. The van der Waals surface area contributed by atoms with Crippen molar-refractivity contribution in [3.63, 3.8) is 0 Å². The van der Waals surface area contributed by atoms with E-state index in [0.29, 0.717) is 5.82 Å². The van der Waals surface area contributed by atoms with E-state index in [-0.39, 0.29) is 11.8 Å². The number of carboxylic acid groups (broad SMARTS) is 1. The van der Waals surface area contributed by atoms with Gasteiger partial charge in [0.25, 0.3) is 0 Å². The van der Waals surface area contributed by atoms with Crippen molar-refractivity contribution in [1.82, 2.24) is 4.98 Å². The third kappa shape index (κ3) is 2.14. The lowest BCUT2D eigenvalue weighted by Gasteiger charge is -2.17. The molecule has 1 saturated heterocycles. The van der Waals surface area contributed by atoms with Gasteiger partial charge in [0, 0.05) is 20.2 Å². The summed E-state index contributed by atoms with van der Waals surface area (Å²) in [6.45, 7) is 1.63. The van der Waals surface area contributed by atoms with Gasteiger partial charge in [0.2, 0.25) is 0 Å². The fourth-order valence-electron chi connectivity index (χ4n) is 1.85.